The number of aryl methyl sites for hydroxylation is 1. The van der Waals surface area contributed by atoms with Crippen LogP contribution in [-0.2, 0) is 4.79 Å². The first-order chi connectivity index (χ1) is 10.5. The molecule has 0 aliphatic carbocycles. The Labute approximate surface area is 133 Å². The maximum Gasteiger partial charge on any atom is 0.277 e. The summed E-state index contributed by atoms with van der Waals surface area (Å²) in [6, 6.07) is 5.62. The van der Waals surface area contributed by atoms with Crippen molar-refractivity contribution in [2.75, 3.05) is 18.2 Å². The van der Waals surface area contributed by atoms with Gasteiger partial charge in [0.05, 0.1) is 18.6 Å². The van der Waals surface area contributed by atoms with Crippen LogP contribution in [0.5, 0.6) is 5.75 Å². The highest BCUT2D eigenvalue weighted by molar-refractivity contribution is 7.99. The zero-order valence-corrected chi connectivity index (χ0v) is 13.9. The van der Waals surface area contributed by atoms with E-state index in [1.165, 1.54) is 11.8 Å². The Morgan fingerprint density at radius 3 is 2.82 bits per heavy atom. The first-order valence-electron chi connectivity index (χ1n) is 6.90. The fourth-order valence-corrected chi connectivity index (χ4v) is 2.31. The van der Waals surface area contributed by atoms with Gasteiger partial charge < -0.3 is 14.5 Å². The van der Waals surface area contributed by atoms with E-state index in [-0.39, 0.29) is 17.6 Å². The number of benzene rings is 1. The molecule has 1 aromatic carbocycles. The van der Waals surface area contributed by atoms with E-state index in [1.54, 1.807) is 7.11 Å². The molecule has 0 saturated carbocycles. The number of ether oxygens (including phenoxy) is 1. The molecule has 1 aromatic heterocycles. The lowest BCUT2D eigenvalue weighted by molar-refractivity contribution is -0.113. The number of carbonyl (C=O) groups is 1. The average Bonchev–Trinajstić information content (AvgIpc) is 2.94. The fraction of sp³-hybridized carbons (Fsp3) is 0.400. The van der Waals surface area contributed by atoms with Crippen molar-refractivity contribution < 1.29 is 13.9 Å². The maximum absolute atomic E-state index is 12.0. The number of carbonyl (C=O) groups excluding carboxylic acids is 1. The van der Waals surface area contributed by atoms with Crippen LogP contribution in [0.4, 0.5) is 5.69 Å². The minimum absolute atomic E-state index is 0.154. The van der Waals surface area contributed by atoms with E-state index in [0.717, 1.165) is 5.56 Å². The van der Waals surface area contributed by atoms with E-state index in [4.69, 9.17) is 9.15 Å². The van der Waals surface area contributed by atoms with Gasteiger partial charge in [-0.15, -0.1) is 10.2 Å². The number of methoxy groups -OCH3 is 1. The summed E-state index contributed by atoms with van der Waals surface area (Å²) in [6.07, 6.45) is 0. The van der Waals surface area contributed by atoms with Gasteiger partial charge in [-0.1, -0.05) is 31.7 Å². The zero-order chi connectivity index (χ0) is 16.1. The highest BCUT2D eigenvalue weighted by Gasteiger charge is 2.13. The molecule has 0 spiro atoms. The highest BCUT2D eigenvalue weighted by atomic mass is 32.2. The average molecular weight is 321 g/mol. The summed E-state index contributed by atoms with van der Waals surface area (Å²) in [5.41, 5.74) is 1.70. The van der Waals surface area contributed by atoms with Crippen molar-refractivity contribution in [3.8, 4) is 5.75 Å². The van der Waals surface area contributed by atoms with E-state index < -0.39 is 0 Å². The number of rotatable bonds is 6. The Bertz CT molecular complexity index is 655. The zero-order valence-electron chi connectivity index (χ0n) is 13.0. The van der Waals surface area contributed by atoms with Crippen LogP contribution in [0.3, 0.4) is 0 Å². The third-order valence-corrected chi connectivity index (χ3v) is 3.69. The van der Waals surface area contributed by atoms with Gasteiger partial charge in [0.25, 0.3) is 5.22 Å². The molecule has 2 aromatic rings. The standard InChI is InChI=1S/C15H19N3O3S/c1-9(2)14-17-18-15(21-14)22-8-13(19)16-11-7-10(3)5-6-12(11)20-4/h5-7,9H,8H2,1-4H3,(H,16,19). The second-order valence-electron chi connectivity index (χ2n) is 5.10. The summed E-state index contributed by atoms with van der Waals surface area (Å²) < 4.78 is 10.7. The maximum atomic E-state index is 12.0. The van der Waals surface area contributed by atoms with Gasteiger partial charge >= 0.3 is 0 Å². The van der Waals surface area contributed by atoms with Gasteiger partial charge in [0.1, 0.15) is 5.75 Å². The molecule has 22 heavy (non-hydrogen) atoms. The molecule has 7 heteroatoms. The van der Waals surface area contributed by atoms with Crippen molar-refractivity contribution in [3.63, 3.8) is 0 Å². The van der Waals surface area contributed by atoms with E-state index in [2.05, 4.69) is 15.5 Å². The highest BCUT2D eigenvalue weighted by Crippen LogP contribution is 2.26. The Morgan fingerprint density at radius 1 is 1.41 bits per heavy atom. The molecule has 0 atom stereocenters. The third-order valence-electron chi connectivity index (χ3n) is 2.87. The molecule has 0 unspecified atom stereocenters. The Kier molecular flexibility index (Phi) is 5.43. The van der Waals surface area contributed by atoms with Crippen LogP contribution in [0, 0.1) is 6.92 Å². The van der Waals surface area contributed by atoms with Crippen molar-refractivity contribution in [1.29, 1.82) is 0 Å². The Balaban J connectivity index is 1.94. The van der Waals surface area contributed by atoms with Crippen molar-refractivity contribution in [2.45, 2.75) is 31.9 Å². The van der Waals surface area contributed by atoms with Crippen LogP contribution >= 0.6 is 11.8 Å². The minimum atomic E-state index is -0.154. The lowest BCUT2D eigenvalue weighted by Crippen LogP contribution is -2.14. The number of nitrogens with one attached hydrogen (secondary N) is 1. The van der Waals surface area contributed by atoms with E-state index in [9.17, 15) is 4.79 Å². The molecule has 118 valence electrons. The molecule has 1 amide bonds. The normalized spacial score (nSPS) is 10.8. The Morgan fingerprint density at radius 2 is 2.18 bits per heavy atom. The SMILES string of the molecule is COc1ccc(C)cc1NC(=O)CSc1nnc(C(C)C)o1. The number of aromatic nitrogens is 2. The van der Waals surface area contributed by atoms with Crippen molar-refractivity contribution >= 4 is 23.4 Å². The second-order valence-corrected chi connectivity index (χ2v) is 6.03. The molecule has 2 rings (SSSR count). The molecule has 0 aliphatic heterocycles. The predicted octanol–water partition coefficient (Wildman–Crippen LogP) is 3.24. The molecule has 1 N–H and O–H groups in total. The number of amides is 1. The quantitative estimate of drug-likeness (QED) is 0.823. The molecule has 0 aliphatic rings. The molecule has 1 heterocycles. The summed E-state index contributed by atoms with van der Waals surface area (Å²) >= 11 is 1.21. The molecule has 6 nitrogen and oxygen atoms in total. The first kappa shape index (κ1) is 16.4. The smallest absolute Gasteiger partial charge is 0.277 e. The van der Waals surface area contributed by atoms with Gasteiger partial charge in [0, 0.05) is 5.92 Å². The molecule has 0 bridgehead atoms. The first-order valence-corrected chi connectivity index (χ1v) is 7.89. The van der Waals surface area contributed by atoms with Crippen LogP contribution in [0.15, 0.2) is 27.8 Å². The van der Waals surface area contributed by atoms with Gasteiger partial charge in [-0.05, 0) is 24.6 Å². The van der Waals surface area contributed by atoms with Crippen molar-refractivity contribution in [1.82, 2.24) is 10.2 Å². The minimum Gasteiger partial charge on any atom is -0.495 e. The van der Waals surface area contributed by atoms with Crippen molar-refractivity contribution in [3.05, 3.63) is 29.7 Å². The molecule has 0 fully saturated rings. The van der Waals surface area contributed by atoms with Gasteiger partial charge in [-0.25, -0.2) is 0 Å². The van der Waals surface area contributed by atoms with Crippen LogP contribution in [0.2, 0.25) is 0 Å². The molecular formula is C15H19N3O3S. The van der Waals surface area contributed by atoms with Gasteiger partial charge in [-0.2, -0.15) is 0 Å². The van der Waals surface area contributed by atoms with E-state index in [1.807, 2.05) is 39.0 Å². The number of hydrogen-bond acceptors (Lipinski definition) is 6. The fourth-order valence-electron chi connectivity index (χ4n) is 1.75. The summed E-state index contributed by atoms with van der Waals surface area (Å²) in [5.74, 6) is 1.41. The topological polar surface area (TPSA) is 77.2 Å². The van der Waals surface area contributed by atoms with E-state index >= 15 is 0 Å². The van der Waals surface area contributed by atoms with E-state index in [0.29, 0.717) is 22.6 Å². The number of thioether (sulfide) groups is 1. The number of hydrogen-bond donors (Lipinski definition) is 1. The summed E-state index contributed by atoms with van der Waals surface area (Å²) in [6.45, 7) is 5.90. The summed E-state index contributed by atoms with van der Waals surface area (Å²) in [7, 11) is 1.57. The van der Waals surface area contributed by atoms with Crippen LogP contribution < -0.4 is 10.1 Å². The van der Waals surface area contributed by atoms with Gasteiger partial charge in [0.15, 0.2) is 0 Å². The molecular weight excluding hydrogens is 302 g/mol. The third kappa shape index (κ3) is 4.24. The predicted molar refractivity (Wildman–Crippen MR) is 85.5 cm³/mol. The molecule has 0 radical (unpaired) electrons. The van der Waals surface area contributed by atoms with Gasteiger partial charge in [-0.3, -0.25) is 4.79 Å². The lowest BCUT2D eigenvalue weighted by atomic mass is 10.2. The Hall–Kier alpha value is -2.02. The largest absolute Gasteiger partial charge is 0.495 e. The molecule has 0 saturated heterocycles. The monoisotopic (exact) mass is 321 g/mol. The number of anilines is 1. The van der Waals surface area contributed by atoms with Crippen LogP contribution in [0.25, 0.3) is 0 Å². The van der Waals surface area contributed by atoms with Crippen LogP contribution in [-0.4, -0.2) is 29.0 Å². The van der Waals surface area contributed by atoms with Gasteiger partial charge in [0.2, 0.25) is 11.8 Å². The summed E-state index contributed by atoms with van der Waals surface area (Å²) in [5, 5.41) is 11.1. The number of nitrogens with zero attached hydrogens (tertiary/aromatic N) is 2. The van der Waals surface area contributed by atoms with Crippen LogP contribution in [0.1, 0.15) is 31.2 Å². The summed E-state index contributed by atoms with van der Waals surface area (Å²) in [4.78, 5) is 12.0. The van der Waals surface area contributed by atoms with Crippen molar-refractivity contribution in [2.24, 2.45) is 0 Å². The second kappa shape index (κ2) is 7.31. The lowest BCUT2D eigenvalue weighted by Gasteiger charge is -2.10.